The molecule has 0 unspecified atom stereocenters. The Bertz CT molecular complexity index is 376. The van der Waals surface area contributed by atoms with Crippen LogP contribution in [0.2, 0.25) is 0 Å². The van der Waals surface area contributed by atoms with Crippen LogP contribution in [0.3, 0.4) is 0 Å². The Hall–Kier alpha value is -1.74. The van der Waals surface area contributed by atoms with E-state index in [2.05, 4.69) is 23.7 Å². The number of hydrogen-bond acceptors (Lipinski definition) is 2. The average molecular weight is 186 g/mol. The average Bonchev–Trinajstić information content (AvgIpc) is 2.24. The van der Waals surface area contributed by atoms with Gasteiger partial charge in [-0.3, -0.25) is 0 Å². The molecule has 2 heteroatoms. The lowest BCUT2D eigenvalue weighted by Gasteiger charge is -1.91. The molecule has 2 nitrogen and oxygen atoms in total. The van der Waals surface area contributed by atoms with Crippen molar-refractivity contribution in [3.05, 3.63) is 35.4 Å². The molecule has 0 aliphatic carbocycles. The van der Waals surface area contributed by atoms with Crippen molar-refractivity contribution in [3.63, 3.8) is 0 Å². The third-order valence-electron chi connectivity index (χ3n) is 1.49. The van der Waals surface area contributed by atoms with Gasteiger partial charge in [0.1, 0.15) is 13.2 Å². The first-order chi connectivity index (χ1) is 6.86. The van der Waals surface area contributed by atoms with E-state index >= 15 is 0 Å². The molecule has 1 rings (SSSR count). The number of hydrogen-bond donors (Lipinski definition) is 2. The van der Waals surface area contributed by atoms with Gasteiger partial charge in [-0.25, -0.2) is 0 Å². The highest BCUT2D eigenvalue weighted by molar-refractivity contribution is 5.43. The molecule has 0 radical (unpaired) electrons. The molecule has 1 aromatic rings. The van der Waals surface area contributed by atoms with Gasteiger partial charge in [0.2, 0.25) is 0 Å². The van der Waals surface area contributed by atoms with Crippen molar-refractivity contribution in [2.45, 2.75) is 0 Å². The molecular weight excluding hydrogens is 176 g/mol. The highest BCUT2D eigenvalue weighted by Gasteiger charge is 1.88. The zero-order valence-electron chi connectivity index (χ0n) is 7.62. The summed E-state index contributed by atoms with van der Waals surface area (Å²) in [5.74, 6) is 10.7. The third-order valence-corrected chi connectivity index (χ3v) is 1.49. The fraction of sp³-hybridized carbons (Fsp3) is 0.167. The van der Waals surface area contributed by atoms with Crippen molar-refractivity contribution in [1.82, 2.24) is 0 Å². The SMILES string of the molecule is OCC#Cc1cccc(C#CCO)c1. The van der Waals surface area contributed by atoms with E-state index in [0.717, 1.165) is 11.1 Å². The zero-order valence-corrected chi connectivity index (χ0v) is 7.62. The Labute approximate surface area is 83.2 Å². The third kappa shape index (κ3) is 3.33. The molecule has 2 N–H and O–H groups in total. The predicted molar refractivity (Wildman–Crippen MR) is 54.4 cm³/mol. The quantitative estimate of drug-likeness (QED) is 0.575. The van der Waals surface area contributed by atoms with Gasteiger partial charge in [0.25, 0.3) is 0 Å². The van der Waals surface area contributed by atoms with Crippen LogP contribution in [0.25, 0.3) is 0 Å². The lowest BCUT2D eigenvalue weighted by Crippen LogP contribution is -1.80. The predicted octanol–water partition coefficient (Wildman–Crippen LogP) is 0.374. The van der Waals surface area contributed by atoms with Gasteiger partial charge in [-0.15, -0.1) is 0 Å². The fourth-order valence-corrected chi connectivity index (χ4v) is 0.958. The smallest absolute Gasteiger partial charge is 0.104 e. The summed E-state index contributed by atoms with van der Waals surface area (Å²) in [6.07, 6.45) is 0. The van der Waals surface area contributed by atoms with Gasteiger partial charge in [0, 0.05) is 11.1 Å². The van der Waals surface area contributed by atoms with E-state index in [1.807, 2.05) is 24.3 Å². The number of benzene rings is 1. The Kier molecular flexibility index (Phi) is 4.31. The number of aliphatic hydroxyl groups is 2. The van der Waals surface area contributed by atoms with Gasteiger partial charge in [-0.1, -0.05) is 29.7 Å². The summed E-state index contributed by atoms with van der Waals surface area (Å²) in [5.41, 5.74) is 1.62. The van der Waals surface area contributed by atoms with Crippen LogP contribution in [0, 0.1) is 23.7 Å². The van der Waals surface area contributed by atoms with E-state index in [-0.39, 0.29) is 13.2 Å². The Morgan fingerprint density at radius 3 is 1.86 bits per heavy atom. The van der Waals surface area contributed by atoms with Crippen molar-refractivity contribution in [2.75, 3.05) is 13.2 Å². The minimum absolute atomic E-state index is 0.146. The summed E-state index contributed by atoms with van der Waals surface area (Å²) in [5, 5.41) is 17.0. The molecule has 0 aliphatic heterocycles. The van der Waals surface area contributed by atoms with E-state index in [0.29, 0.717) is 0 Å². The van der Waals surface area contributed by atoms with Crippen LogP contribution >= 0.6 is 0 Å². The highest BCUT2D eigenvalue weighted by Crippen LogP contribution is 2.02. The maximum absolute atomic E-state index is 8.50. The van der Waals surface area contributed by atoms with Crippen LogP contribution in [-0.2, 0) is 0 Å². The van der Waals surface area contributed by atoms with Crippen LogP contribution in [0.15, 0.2) is 24.3 Å². The molecule has 0 saturated heterocycles. The molecular formula is C12H10O2. The van der Waals surface area contributed by atoms with E-state index in [4.69, 9.17) is 10.2 Å². The minimum Gasteiger partial charge on any atom is -0.384 e. The molecule has 1 aromatic carbocycles. The molecule has 0 atom stereocenters. The topological polar surface area (TPSA) is 40.5 Å². The first kappa shape index (κ1) is 10.3. The molecule has 0 aliphatic rings. The molecule has 70 valence electrons. The largest absolute Gasteiger partial charge is 0.384 e. The minimum atomic E-state index is -0.146. The van der Waals surface area contributed by atoms with Crippen LogP contribution in [0.4, 0.5) is 0 Å². The van der Waals surface area contributed by atoms with E-state index < -0.39 is 0 Å². The molecule has 0 bridgehead atoms. The van der Waals surface area contributed by atoms with Gasteiger partial charge in [-0.2, -0.15) is 0 Å². The molecule has 0 aromatic heterocycles. The van der Waals surface area contributed by atoms with Gasteiger partial charge < -0.3 is 10.2 Å². The van der Waals surface area contributed by atoms with Crippen molar-refractivity contribution in [1.29, 1.82) is 0 Å². The van der Waals surface area contributed by atoms with Crippen LogP contribution < -0.4 is 0 Å². The first-order valence-electron chi connectivity index (χ1n) is 4.16. The molecule has 0 saturated carbocycles. The Morgan fingerprint density at radius 2 is 1.43 bits per heavy atom. The summed E-state index contributed by atoms with van der Waals surface area (Å²) < 4.78 is 0. The van der Waals surface area contributed by atoms with E-state index in [1.165, 1.54) is 0 Å². The molecule has 0 heterocycles. The second-order valence-corrected chi connectivity index (χ2v) is 2.50. The Balaban J connectivity index is 2.89. The van der Waals surface area contributed by atoms with Crippen LogP contribution in [0.1, 0.15) is 11.1 Å². The lowest BCUT2D eigenvalue weighted by atomic mass is 10.1. The Morgan fingerprint density at radius 1 is 0.929 bits per heavy atom. The summed E-state index contributed by atoms with van der Waals surface area (Å²) in [4.78, 5) is 0. The van der Waals surface area contributed by atoms with Gasteiger partial charge in [-0.05, 0) is 18.2 Å². The maximum atomic E-state index is 8.50. The monoisotopic (exact) mass is 186 g/mol. The molecule has 0 fully saturated rings. The summed E-state index contributed by atoms with van der Waals surface area (Å²) in [6, 6.07) is 7.33. The van der Waals surface area contributed by atoms with Crippen molar-refractivity contribution >= 4 is 0 Å². The fourth-order valence-electron chi connectivity index (χ4n) is 0.958. The van der Waals surface area contributed by atoms with Gasteiger partial charge in [0.05, 0.1) is 0 Å². The second kappa shape index (κ2) is 5.83. The highest BCUT2D eigenvalue weighted by atomic mass is 16.3. The van der Waals surface area contributed by atoms with Crippen molar-refractivity contribution in [2.24, 2.45) is 0 Å². The van der Waals surface area contributed by atoms with Gasteiger partial charge >= 0.3 is 0 Å². The first-order valence-corrected chi connectivity index (χ1v) is 4.16. The number of aliphatic hydroxyl groups excluding tert-OH is 2. The summed E-state index contributed by atoms with van der Waals surface area (Å²) in [6.45, 7) is -0.293. The molecule has 0 amide bonds. The van der Waals surface area contributed by atoms with Crippen LogP contribution in [-0.4, -0.2) is 23.4 Å². The lowest BCUT2D eigenvalue weighted by molar-refractivity contribution is 0.350. The maximum Gasteiger partial charge on any atom is 0.104 e. The second-order valence-electron chi connectivity index (χ2n) is 2.50. The van der Waals surface area contributed by atoms with E-state index in [1.54, 1.807) is 0 Å². The summed E-state index contributed by atoms with van der Waals surface area (Å²) in [7, 11) is 0. The van der Waals surface area contributed by atoms with Crippen LogP contribution in [0.5, 0.6) is 0 Å². The van der Waals surface area contributed by atoms with E-state index in [9.17, 15) is 0 Å². The zero-order chi connectivity index (χ0) is 10.2. The van der Waals surface area contributed by atoms with Gasteiger partial charge in [0.15, 0.2) is 0 Å². The normalized spacial score (nSPS) is 8.14. The van der Waals surface area contributed by atoms with Crippen molar-refractivity contribution < 1.29 is 10.2 Å². The summed E-state index contributed by atoms with van der Waals surface area (Å²) >= 11 is 0. The standard InChI is InChI=1S/C12H10O2/c13-8-2-6-11-4-1-5-12(10-11)7-3-9-14/h1,4-5,10,13-14H,8-9H2. The molecule has 0 spiro atoms. The molecule has 14 heavy (non-hydrogen) atoms. The van der Waals surface area contributed by atoms with Crippen molar-refractivity contribution in [3.8, 4) is 23.7 Å². The number of rotatable bonds is 0.